The molecular formula is C13H12FNO2. The van der Waals surface area contributed by atoms with Gasteiger partial charge in [-0.15, -0.1) is 0 Å². The molecule has 4 heteroatoms. The van der Waals surface area contributed by atoms with Crippen LogP contribution < -0.4 is 9.47 Å². The van der Waals surface area contributed by atoms with E-state index in [2.05, 4.69) is 4.98 Å². The second kappa shape index (κ2) is 5.30. The minimum atomic E-state index is -0.405. The van der Waals surface area contributed by atoms with Crippen LogP contribution in [0.15, 0.2) is 42.7 Å². The molecule has 3 nitrogen and oxygen atoms in total. The van der Waals surface area contributed by atoms with E-state index in [1.165, 1.54) is 12.3 Å². The van der Waals surface area contributed by atoms with Crippen LogP contribution in [-0.2, 0) is 6.61 Å². The fourth-order valence-corrected chi connectivity index (χ4v) is 1.36. The topological polar surface area (TPSA) is 31.4 Å². The summed E-state index contributed by atoms with van der Waals surface area (Å²) in [5.74, 6) is 0.805. The number of pyridine rings is 1. The Morgan fingerprint density at radius 2 is 1.88 bits per heavy atom. The van der Waals surface area contributed by atoms with Crippen LogP contribution in [0, 0.1) is 5.82 Å². The van der Waals surface area contributed by atoms with Gasteiger partial charge in [-0.3, -0.25) is 4.98 Å². The molecule has 1 aromatic carbocycles. The van der Waals surface area contributed by atoms with Gasteiger partial charge in [0.1, 0.15) is 23.9 Å². The third kappa shape index (κ3) is 3.17. The molecule has 0 aliphatic heterocycles. The third-order valence-corrected chi connectivity index (χ3v) is 2.24. The van der Waals surface area contributed by atoms with Gasteiger partial charge in [-0.25, -0.2) is 4.39 Å². The molecule has 1 aromatic heterocycles. The number of aromatic nitrogens is 1. The van der Waals surface area contributed by atoms with Crippen molar-refractivity contribution in [2.24, 2.45) is 0 Å². The molecule has 1 heterocycles. The van der Waals surface area contributed by atoms with Crippen molar-refractivity contribution in [3.63, 3.8) is 0 Å². The van der Waals surface area contributed by atoms with Crippen LogP contribution in [0.5, 0.6) is 11.5 Å². The fourth-order valence-electron chi connectivity index (χ4n) is 1.36. The van der Waals surface area contributed by atoms with E-state index in [0.717, 1.165) is 17.5 Å². The first-order valence-electron chi connectivity index (χ1n) is 5.14. The van der Waals surface area contributed by atoms with Crippen molar-refractivity contribution in [3.8, 4) is 11.5 Å². The zero-order valence-corrected chi connectivity index (χ0v) is 9.39. The van der Waals surface area contributed by atoms with Crippen LogP contribution in [0.1, 0.15) is 5.56 Å². The SMILES string of the molecule is COc1ccc(COc2cncc(F)c2)cc1. The third-order valence-electron chi connectivity index (χ3n) is 2.24. The number of hydrogen-bond donors (Lipinski definition) is 0. The summed E-state index contributed by atoms with van der Waals surface area (Å²) >= 11 is 0. The smallest absolute Gasteiger partial charge is 0.145 e. The summed E-state index contributed by atoms with van der Waals surface area (Å²) in [6.07, 6.45) is 2.62. The number of nitrogens with zero attached hydrogens (tertiary/aromatic N) is 1. The highest BCUT2D eigenvalue weighted by Crippen LogP contribution is 2.15. The molecule has 0 saturated carbocycles. The van der Waals surface area contributed by atoms with Crippen molar-refractivity contribution in [2.45, 2.75) is 6.61 Å². The Hall–Kier alpha value is -2.10. The van der Waals surface area contributed by atoms with Gasteiger partial charge in [-0.2, -0.15) is 0 Å². The van der Waals surface area contributed by atoms with Gasteiger partial charge in [0.15, 0.2) is 0 Å². The highest BCUT2D eigenvalue weighted by molar-refractivity contribution is 5.27. The largest absolute Gasteiger partial charge is 0.497 e. The number of halogens is 1. The first-order chi connectivity index (χ1) is 8.28. The predicted molar refractivity (Wildman–Crippen MR) is 61.5 cm³/mol. The lowest BCUT2D eigenvalue weighted by atomic mass is 10.2. The lowest BCUT2D eigenvalue weighted by Gasteiger charge is -2.06. The quantitative estimate of drug-likeness (QED) is 0.813. The molecule has 0 amide bonds. The average Bonchev–Trinajstić information content (AvgIpc) is 2.37. The van der Waals surface area contributed by atoms with Crippen LogP contribution in [0.4, 0.5) is 4.39 Å². The van der Waals surface area contributed by atoms with E-state index in [1.54, 1.807) is 7.11 Å². The molecule has 17 heavy (non-hydrogen) atoms. The number of ether oxygens (including phenoxy) is 2. The van der Waals surface area contributed by atoms with E-state index in [9.17, 15) is 4.39 Å². The van der Waals surface area contributed by atoms with Gasteiger partial charge in [-0.1, -0.05) is 12.1 Å². The van der Waals surface area contributed by atoms with Crippen LogP contribution in [0.2, 0.25) is 0 Å². The Balaban J connectivity index is 1.97. The van der Waals surface area contributed by atoms with Crippen LogP contribution in [0.3, 0.4) is 0 Å². The average molecular weight is 233 g/mol. The van der Waals surface area contributed by atoms with Crippen molar-refractivity contribution in [2.75, 3.05) is 7.11 Å². The summed E-state index contributed by atoms with van der Waals surface area (Å²) in [5.41, 5.74) is 0.982. The zero-order chi connectivity index (χ0) is 12.1. The van der Waals surface area contributed by atoms with Crippen molar-refractivity contribution in [3.05, 3.63) is 54.1 Å². The van der Waals surface area contributed by atoms with Crippen molar-refractivity contribution in [1.29, 1.82) is 0 Å². The fraction of sp³-hybridized carbons (Fsp3) is 0.154. The highest BCUT2D eigenvalue weighted by Gasteiger charge is 1.99. The molecule has 2 aromatic rings. The van der Waals surface area contributed by atoms with Crippen LogP contribution >= 0.6 is 0 Å². The molecule has 0 saturated heterocycles. The molecule has 0 bridgehead atoms. The molecule has 0 radical (unpaired) electrons. The van der Waals surface area contributed by atoms with Crippen molar-refractivity contribution < 1.29 is 13.9 Å². The minimum absolute atomic E-state index is 0.370. The second-order valence-corrected chi connectivity index (χ2v) is 3.48. The second-order valence-electron chi connectivity index (χ2n) is 3.48. The molecule has 0 N–H and O–H groups in total. The molecule has 0 unspecified atom stereocenters. The standard InChI is InChI=1S/C13H12FNO2/c1-16-12-4-2-10(3-5-12)9-17-13-6-11(14)7-15-8-13/h2-8H,9H2,1H3. The van der Waals surface area contributed by atoms with Gasteiger partial charge < -0.3 is 9.47 Å². The summed E-state index contributed by atoms with van der Waals surface area (Å²) < 4.78 is 23.3. The Morgan fingerprint density at radius 3 is 2.53 bits per heavy atom. The molecule has 0 spiro atoms. The first kappa shape index (κ1) is 11.4. The first-order valence-corrected chi connectivity index (χ1v) is 5.14. The maximum atomic E-state index is 12.8. The number of benzene rings is 1. The number of rotatable bonds is 4. The maximum absolute atomic E-state index is 12.8. The van der Waals surface area contributed by atoms with E-state index in [4.69, 9.17) is 9.47 Å². The molecule has 0 aliphatic rings. The Kier molecular flexibility index (Phi) is 3.55. The maximum Gasteiger partial charge on any atom is 0.145 e. The molecule has 2 rings (SSSR count). The summed E-state index contributed by atoms with van der Waals surface area (Å²) in [7, 11) is 1.62. The van der Waals surface area contributed by atoms with E-state index in [0.29, 0.717) is 12.4 Å². The summed E-state index contributed by atoms with van der Waals surface area (Å²) in [4.78, 5) is 3.70. The molecule has 0 aliphatic carbocycles. The van der Waals surface area contributed by atoms with E-state index >= 15 is 0 Å². The molecular weight excluding hydrogens is 221 g/mol. The summed E-state index contributed by atoms with van der Waals surface area (Å²) in [6.45, 7) is 0.370. The normalized spacial score (nSPS) is 10.0. The Morgan fingerprint density at radius 1 is 1.12 bits per heavy atom. The molecule has 88 valence electrons. The number of methoxy groups -OCH3 is 1. The van der Waals surface area contributed by atoms with E-state index in [-0.39, 0.29) is 0 Å². The lowest BCUT2D eigenvalue weighted by molar-refractivity contribution is 0.303. The van der Waals surface area contributed by atoms with Gasteiger partial charge >= 0.3 is 0 Å². The summed E-state index contributed by atoms with van der Waals surface area (Å²) in [5, 5.41) is 0. The van der Waals surface area contributed by atoms with E-state index < -0.39 is 5.82 Å². The van der Waals surface area contributed by atoms with Gasteiger partial charge in [0.05, 0.1) is 19.5 Å². The monoisotopic (exact) mass is 233 g/mol. The zero-order valence-electron chi connectivity index (χ0n) is 9.39. The Labute approximate surface area is 98.8 Å². The van der Waals surface area contributed by atoms with Gasteiger partial charge in [0.25, 0.3) is 0 Å². The molecule has 0 atom stereocenters. The summed E-state index contributed by atoms with van der Waals surface area (Å²) in [6, 6.07) is 8.79. The van der Waals surface area contributed by atoms with Crippen LogP contribution in [-0.4, -0.2) is 12.1 Å². The highest BCUT2D eigenvalue weighted by atomic mass is 19.1. The van der Waals surface area contributed by atoms with Crippen molar-refractivity contribution >= 4 is 0 Å². The van der Waals surface area contributed by atoms with E-state index in [1.807, 2.05) is 24.3 Å². The predicted octanol–water partition coefficient (Wildman–Crippen LogP) is 2.81. The molecule has 0 fully saturated rings. The van der Waals surface area contributed by atoms with Gasteiger partial charge in [0.2, 0.25) is 0 Å². The van der Waals surface area contributed by atoms with Gasteiger partial charge in [-0.05, 0) is 17.7 Å². The van der Waals surface area contributed by atoms with Crippen LogP contribution in [0.25, 0.3) is 0 Å². The van der Waals surface area contributed by atoms with Crippen molar-refractivity contribution in [1.82, 2.24) is 4.98 Å². The number of hydrogen-bond acceptors (Lipinski definition) is 3. The Bertz CT molecular complexity index is 485. The lowest BCUT2D eigenvalue weighted by Crippen LogP contribution is -1.96. The van der Waals surface area contributed by atoms with Gasteiger partial charge in [0, 0.05) is 6.07 Å². The minimum Gasteiger partial charge on any atom is -0.497 e.